The Morgan fingerprint density at radius 1 is 0.939 bits per heavy atom. The standard InChI is InChI=1S/C18H14BrF3N4O5S2/c1-11-8-9-23-17(24-11)26-32(27,28)14-5-3-13(4-6-14)25-33(29,30)16-7-2-12(19)10-15(16)31-18(20,21)22/h2-10,25H,1H3,(H,23,24,26). The minimum absolute atomic E-state index is 0.0957. The van der Waals surface area contributed by atoms with Gasteiger partial charge < -0.3 is 4.74 Å². The van der Waals surface area contributed by atoms with E-state index in [0.717, 1.165) is 36.4 Å². The maximum absolute atomic E-state index is 12.7. The summed E-state index contributed by atoms with van der Waals surface area (Å²) in [6.45, 7) is 1.65. The van der Waals surface area contributed by atoms with Gasteiger partial charge in [0, 0.05) is 22.1 Å². The number of hydrogen-bond acceptors (Lipinski definition) is 7. The van der Waals surface area contributed by atoms with Crippen molar-refractivity contribution in [3.05, 3.63) is 64.9 Å². The molecule has 0 radical (unpaired) electrons. The highest BCUT2D eigenvalue weighted by atomic mass is 79.9. The molecule has 15 heteroatoms. The van der Waals surface area contributed by atoms with Crippen LogP contribution in [0.2, 0.25) is 0 Å². The van der Waals surface area contributed by atoms with E-state index in [4.69, 9.17) is 0 Å². The Morgan fingerprint density at radius 3 is 2.21 bits per heavy atom. The minimum atomic E-state index is -5.12. The van der Waals surface area contributed by atoms with Gasteiger partial charge in [-0.1, -0.05) is 15.9 Å². The van der Waals surface area contributed by atoms with Gasteiger partial charge in [0.1, 0.15) is 4.90 Å². The van der Waals surface area contributed by atoms with Gasteiger partial charge in [-0.2, -0.15) is 0 Å². The average Bonchev–Trinajstić information content (AvgIpc) is 2.66. The number of aromatic nitrogens is 2. The maximum Gasteiger partial charge on any atom is 0.573 e. The van der Waals surface area contributed by atoms with E-state index in [2.05, 4.69) is 40.1 Å². The van der Waals surface area contributed by atoms with Crippen LogP contribution in [0, 0.1) is 6.92 Å². The fraction of sp³-hybridized carbons (Fsp3) is 0.111. The number of aryl methyl sites for hydroxylation is 1. The van der Waals surface area contributed by atoms with Crippen LogP contribution in [0.3, 0.4) is 0 Å². The van der Waals surface area contributed by atoms with E-state index >= 15 is 0 Å². The van der Waals surface area contributed by atoms with Crippen molar-refractivity contribution in [1.82, 2.24) is 9.97 Å². The van der Waals surface area contributed by atoms with Crippen LogP contribution in [0.5, 0.6) is 5.75 Å². The molecular formula is C18H14BrF3N4O5S2. The number of nitrogens with one attached hydrogen (secondary N) is 2. The van der Waals surface area contributed by atoms with Crippen molar-refractivity contribution in [3.8, 4) is 5.75 Å². The normalized spacial score (nSPS) is 12.3. The van der Waals surface area contributed by atoms with Crippen LogP contribution in [-0.2, 0) is 20.0 Å². The summed E-state index contributed by atoms with van der Waals surface area (Å²) in [5.74, 6) is -1.09. The predicted molar refractivity (Wildman–Crippen MR) is 116 cm³/mol. The molecule has 0 saturated heterocycles. The van der Waals surface area contributed by atoms with E-state index in [-0.39, 0.29) is 21.0 Å². The van der Waals surface area contributed by atoms with Crippen LogP contribution in [-0.4, -0.2) is 33.2 Å². The van der Waals surface area contributed by atoms with E-state index in [0.29, 0.717) is 5.69 Å². The zero-order valence-electron chi connectivity index (χ0n) is 16.5. The Morgan fingerprint density at radius 2 is 1.61 bits per heavy atom. The molecule has 0 unspecified atom stereocenters. The highest BCUT2D eigenvalue weighted by Gasteiger charge is 2.34. The van der Waals surface area contributed by atoms with Crippen LogP contribution in [0.15, 0.2) is 69.0 Å². The first-order valence-corrected chi connectivity index (χ1v) is 12.5. The predicted octanol–water partition coefficient (Wildman–Crippen LogP) is 4.05. The first-order valence-electron chi connectivity index (χ1n) is 8.76. The quantitative estimate of drug-likeness (QED) is 0.441. The Hall–Kier alpha value is -2.91. The summed E-state index contributed by atoms with van der Waals surface area (Å²) in [4.78, 5) is 6.75. The largest absolute Gasteiger partial charge is 0.573 e. The van der Waals surface area contributed by atoms with Crippen LogP contribution in [0.1, 0.15) is 5.69 Å². The molecule has 2 N–H and O–H groups in total. The van der Waals surface area contributed by atoms with Gasteiger partial charge in [0.05, 0.1) is 4.90 Å². The molecule has 0 aliphatic rings. The Labute approximate surface area is 195 Å². The molecule has 0 fully saturated rings. The van der Waals surface area contributed by atoms with Gasteiger partial charge in [-0.05, 0) is 55.5 Å². The van der Waals surface area contributed by atoms with Gasteiger partial charge in [-0.25, -0.2) is 31.5 Å². The Kier molecular flexibility index (Phi) is 6.85. The highest BCUT2D eigenvalue weighted by Crippen LogP contribution is 2.33. The van der Waals surface area contributed by atoms with Gasteiger partial charge in [0.25, 0.3) is 20.0 Å². The summed E-state index contributed by atoms with van der Waals surface area (Å²) < 4.78 is 96.6. The minimum Gasteiger partial charge on any atom is -0.404 e. The Bertz CT molecular complexity index is 1380. The SMILES string of the molecule is Cc1ccnc(NS(=O)(=O)c2ccc(NS(=O)(=O)c3ccc(Br)cc3OC(F)(F)F)cc2)n1. The van der Waals surface area contributed by atoms with E-state index in [1.807, 2.05) is 0 Å². The molecule has 0 atom stereocenters. The second-order valence-corrected chi connectivity index (χ2v) is 10.6. The lowest BCUT2D eigenvalue weighted by atomic mass is 10.3. The summed E-state index contributed by atoms with van der Waals surface area (Å²) in [7, 11) is -8.59. The molecule has 33 heavy (non-hydrogen) atoms. The maximum atomic E-state index is 12.7. The van der Waals surface area contributed by atoms with Crippen LogP contribution in [0.4, 0.5) is 24.8 Å². The molecule has 1 aromatic heterocycles. The number of rotatable bonds is 7. The lowest BCUT2D eigenvalue weighted by molar-refractivity contribution is -0.275. The fourth-order valence-electron chi connectivity index (χ4n) is 2.50. The average molecular weight is 567 g/mol. The zero-order chi connectivity index (χ0) is 24.4. The third-order valence-corrected chi connectivity index (χ3v) is 7.12. The number of benzene rings is 2. The van der Waals surface area contributed by atoms with E-state index in [9.17, 15) is 30.0 Å². The van der Waals surface area contributed by atoms with Gasteiger partial charge >= 0.3 is 6.36 Å². The van der Waals surface area contributed by atoms with Crippen molar-refractivity contribution in [2.45, 2.75) is 23.1 Å². The van der Waals surface area contributed by atoms with Gasteiger partial charge in [0.2, 0.25) is 5.95 Å². The number of ether oxygens (including phenoxy) is 1. The summed E-state index contributed by atoms with van der Waals surface area (Å²) in [5, 5.41) is 0. The molecule has 3 aromatic rings. The van der Waals surface area contributed by atoms with Gasteiger partial charge in [-0.15, -0.1) is 13.2 Å². The highest BCUT2D eigenvalue weighted by molar-refractivity contribution is 9.10. The molecular weight excluding hydrogens is 553 g/mol. The third-order valence-electron chi connectivity index (χ3n) is 3.86. The lowest BCUT2D eigenvalue weighted by Gasteiger charge is -2.15. The lowest BCUT2D eigenvalue weighted by Crippen LogP contribution is -2.21. The number of sulfonamides is 2. The molecule has 0 aliphatic heterocycles. The van der Waals surface area contributed by atoms with Crippen LogP contribution >= 0.6 is 15.9 Å². The fourth-order valence-corrected chi connectivity index (χ4v) is 4.96. The van der Waals surface area contributed by atoms with Gasteiger partial charge in [-0.3, -0.25) is 4.72 Å². The monoisotopic (exact) mass is 566 g/mol. The summed E-state index contributed by atoms with van der Waals surface area (Å²) in [5.41, 5.74) is 0.441. The van der Waals surface area contributed by atoms with Crippen molar-refractivity contribution < 1.29 is 34.7 Å². The molecule has 0 aliphatic carbocycles. The first-order chi connectivity index (χ1) is 15.2. The molecule has 2 aromatic carbocycles. The van der Waals surface area contributed by atoms with Crippen molar-refractivity contribution in [2.75, 3.05) is 9.44 Å². The molecule has 9 nitrogen and oxygen atoms in total. The molecule has 0 bridgehead atoms. The number of hydrogen-bond donors (Lipinski definition) is 2. The van der Waals surface area contributed by atoms with E-state index < -0.39 is 37.1 Å². The third kappa shape index (κ3) is 6.55. The van der Waals surface area contributed by atoms with Gasteiger partial charge in [0.15, 0.2) is 5.75 Å². The van der Waals surface area contributed by atoms with Crippen molar-refractivity contribution in [3.63, 3.8) is 0 Å². The number of alkyl halides is 3. The van der Waals surface area contributed by atoms with E-state index in [1.54, 1.807) is 13.0 Å². The van der Waals surface area contributed by atoms with Crippen LogP contribution < -0.4 is 14.2 Å². The molecule has 1 heterocycles. The summed E-state index contributed by atoms with van der Waals surface area (Å²) >= 11 is 2.96. The van der Waals surface area contributed by atoms with E-state index in [1.165, 1.54) is 12.3 Å². The molecule has 0 saturated carbocycles. The topological polar surface area (TPSA) is 127 Å². The zero-order valence-corrected chi connectivity index (χ0v) is 19.7. The molecule has 176 valence electrons. The number of anilines is 2. The second-order valence-electron chi connectivity index (χ2n) is 6.40. The van der Waals surface area contributed by atoms with Crippen LogP contribution in [0.25, 0.3) is 0 Å². The molecule has 0 amide bonds. The van der Waals surface area contributed by atoms with Crippen molar-refractivity contribution >= 4 is 47.6 Å². The first kappa shape index (κ1) is 24.7. The smallest absolute Gasteiger partial charge is 0.404 e. The summed E-state index contributed by atoms with van der Waals surface area (Å²) in [6.07, 6.45) is -3.74. The Balaban J connectivity index is 1.84. The number of halogens is 4. The second kappa shape index (κ2) is 9.15. The molecule has 3 rings (SSSR count). The summed E-state index contributed by atoms with van der Waals surface area (Å²) in [6, 6.07) is 9.06. The van der Waals surface area contributed by atoms with Crippen molar-refractivity contribution in [1.29, 1.82) is 0 Å². The molecule has 0 spiro atoms. The number of nitrogens with zero attached hydrogens (tertiary/aromatic N) is 2. The van der Waals surface area contributed by atoms with Crippen molar-refractivity contribution in [2.24, 2.45) is 0 Å².